The second kappa shape index (κ2) is 8.34. The predicted molar refractivity (Wildman–Crippen MR) is 108 cm³/mol. The number of rotatable bonds is 6. The van der Waals surface area contributed by atoms with Crippen molar-refractivity contribution in [3.05, 3.63) is 24.2 Å². The molecular formula is C20H25F2N5O5. The first kappa shape index (κ1) is 22.5. The van der Waals surface area contributed by atoms with Crippen LogP contribution in [0.4, 0.5) is 14.6 Å². The molecule has 10 nitrogen and oxygen atoms in total. The van der Waals surface area contributed by atoms with Crippen molar-refractivity contribution in [1.82, 2.24) is 14.6 Å². The van der Waals surface area contributed by atoms with Crippen LogP contribution in [0.2, 0.25) is 0 Å². The first-order valence-corrected chi connectivity index (χ1v) is 10.3. The number of anilines is 1. The van der Waals surface area contributed by atoms with E-state index in [1.807, 2.05) is 0 Å². The summed E-state index contributed by atoms with van der Waals surface area (Å²) in [5, 5.41) is 25.4. The van der Waals surface area contributed by atoms with Crippen LogP contribution in [0.15, 0.2) is 23.5 Å². The van der Waals surface area contributed by atoms with Gasteiger partial charge in [0.15, 0.2) is 5.82 Å². The zero-order valence-corrected chi connectivity index (χ0v) is 17.2. The van der Waals surface area contributed by atoms with Gasteiger partial charge in [0.25, 0.3) is 0 Å². The third kappa shape index (κ3) is 3.93. The van der Waals surface area contributed by atoms with Crippen molar-refractivity contribution in [2.24, 2.45) is 10.9 Å². The highest BCUT2D eigenvalue weighted by Gasteiger charge is 2.57. The number of ether oxygens (including phenoxy) is 2. The molecular weight excluding hydrogens is 428 g/mol. The molecule has 0 radical (unpaired) electrons. The van der Waals surface area contributed by atoms with Gasteiger partial charge in [0.1, 0.15) is 42.5 Å². The molecule has 0 bridgehead atoms. The summed E-state index contributed by atoms with van der Waals surface area (Å²) >= 11 is 0. The summed E-state index contributed by atoms with van der Waals surface area (Å²) in [6.07, 6.45) is -2.82. The Hall–Kier alpha value is -2.70. The lowest BCUT2D eigenvalue weighted by atomic mass is 9.85. The second-order valence-corrected chi connectivity index (χ2v) is 8.29. The van der Waals surface area contributed by atoms with Crippen LogP contribution in [-0.4, -0.2) is 68.3 Å². The fourth-order valence-corrected chi connectivity index (χ4v) is 4.36. The highest BCUT2D eigenvalue weighted by atomic mass is 19.3. The van der Waals surface area contributed by atoms with Gasteiger partial charge in [0.05, 0.1) is 0 Å². The van der Waals surface area contributed by atoms with E-state index in [0.29, 0.717) is 5.52 Å². The third-order valence-corrected chi connectivity index (χ3v) is 6.22. The lowest BCUT2D eigenvalue weighted by Gasteiger charge is -2.28. The zero-order valence-electron chi connectivity index (χ0n) is 17.2. The van der Waals surface area contributed by atoms with Gasteiger partial charge in [-0.3, -0.25) is 9.79 Å². The lowest BCUT2D eigenvalue weighted by molar-refractivity contribution is -0.154. The van der Waals surface area contributed by atoms with Gasteiger partial charge >= 0.3 is 5.97 Å². The molecule has 174 valence electrons. The summed E-state index contributed by atoms with van der Waals surface area (Å²) in [4.78, 5) is 20.0. The van der Waals surface area contributed by atoms with E-state index >= 15 is 0 Å². The number of halogens is 2. The van der Waals surface area contributed by atoms with Crippen molar-refractivity contribution in [2.45, 2.75) is 62.1 Å². The van der Waals surface area contributed by atoms with E-state index in [2.05, 4.69) is 21.8 Å². The number of hydrogen-bond donors (Lipinski definition) is 3. The number of nitrogens with two attached hydrogens (primary N) is 1. The molecule has 4 rings (SSSR count). The summed E-state index contributed by atoms with van der Waals surface area (Å²) in [6.45, 7) is 3.15. The van der Waals surface area contributed by atoms with Crippen molar-refractivity contribution in [2.75, 3.05) is 12.3 Å². The molecule has 0 spiro atoms. The Morgan fingerprint density at radius 3 is 2.78 bits per heavy atom. The molecule has 4 N–H and O–H groups in total. The van der Waals surface area contributed by atoms with Gasteiger partial charge in [0, 0.05) is 19.3 Å². The molecule has 1 saturated carbocycles. The van der Waals surface area contributed by atoms with E-state index < -0.39 is 35.9 Å². The molecule has 2 fully saturated rings. The van der Waals surface area contributed by atoms with Gasteiger partial charge in [-0.15, -0.1) is 0 Å². The molecule has 3 heterocycles. The number of aliphatic hydroxyl groups is 2. The van der Waals surface area contributed by atoms with E-state index in [9.17, 15) is 23.8 Å². The molecule has 4 atom stereocenters. The molecule has 1 aliphatic heterocycles. The van der Waals surface area contributed by atoms with Gasteiger partial charge in [-0.25, -0.2) is 18.3 Å². The van der Waals surface area contributed by atoms with Crippen LogP contribution < -0.4 is 5.73 Å². The smallest absolute Gasteiger partial charge is 0.306 e. The van der Waals surface area contributed by atoms with E-state index in [0.717, 1.165) is 0 Å². The Labute approximate surface area is 182 Å². The molecule has 2 aromatic heterocycles. The highest BCUT2D eigenvalue weighted by Crippen LogP contribution is 2.42. The maximum atomic E-state index is 13.3. The Morgan fingerprint density at radius 2 is 2.09 bits per heavy atom. The molecule has 0 unspecified atom stereocenters. The van der Waals surface area contributed by atoms with Gasteiger partial charge < -0.3 is 25.4 Å². The van der Waals surface area contributed by atoms with Crippen LogP contribution in [0.5, 0.6) is 0 Å². The summed E-state index contributed by atoms with van der Waals surface area (Å²) in [5.74, 6) is -3.22. The van der Waals surface area contributed by atoms with Crippen LogP contribution in [-0.2, 0) is 20.0 Å². The molecule has 1 saturated heterocycles. The number of carbonyl (C=O) groups excluding carboxylic acids is 1. The number of carbonyl (C=O) groups is 1. The number of aliphatic imine (C=N–C) groups is 1. The second-order valence-electron chi connectivity index (χ2n) is 8.29. The molecule has 2 aliphatic rings. The molecule has 32 heavy (non-hydrogen) atoms. The van der Waals surface area contributed by atoms with E-state index in [1.54, 1.807) is 12.1 Å². The number of fused-ring (bicyclic) bond motifs is 1. The van der Waals surface area contributed by atoms with Crippen LogP contribution in [0, 0.1) is 5.92 Å². The maximum Gasteiger partial charge on any atom is 0.306 e. The first-order chi connectivity index (χ1) is 15.2. The number of nitrogens with zero attached hydrogens (tertiary/aromatic N) is 4. The SMILES string of the molecule is C=N[C@@]1(c2ccc3c(N)ncnn23)O[C@H](COC(=O)CC2CCC(F)(F)CC2)[C@@H](O)[C@H]1O. The van der Waals surface area contributed by atoms with Gasteiger partial charge in [-0.2, -0.15) is 5.10 Å². The van der Waals surface area contributed by atoms with Crippen molar-refractivity contribution < 1.29 is 33.3 Å². The topological polar surface area (TPSA) is 145 Å². The average Bonchev–Trinajstić information content (AvgIpc) is 3.30. The Balaban J connectivity index is 1.43. The largest absolute Gasteiger partial charge is 0.463 e. The number of aliphatic hydroxyl groups excluding tert-OH is 2. The Morgan fingerprint density at radius 1 is 1.38 bits per heavy atom. The average molecular weight is 453 g/mol. The first-order valence-electron chi connectivity index (χ1n) is 10.3. The lowest BCUT2D eigenvalue weighted by Crippen LogP contribution is -2.40. The molecule has 1 aliphatic carbocycles. The van der Waals surface area contributed by atoms with Crippen molar-refractivity contribution >= 4 is 24.0 Å². The predicted octanol–water partition coefficient (Wildman–Crippen LogP) is 1.04. The summed E-state index contributed by atoms with van der Waals surface area (Å²) < 4.78 is 39.0. The Kier molecular flexibility index (Phi) is 5.86. The minimum Gasteiger partial charge on any atom is -0.463 e. The number of hydrogen-bond acceptors (Lipinski definition) is 9. The van der Waals surface area contributed by atoms with Crippen molar-refractivity contribution in [1.29, 1.82) is 0 Å². The van der Waals surface area contributed by atoms with E-state index in [4.69, 9.17) is 15.2 Å². The molecule has 12 heteroatoms. The fraction of sp³-hybridized carbons (Fsp3) is 0.600. The van der Waals surface area contributed by atoms with Gasteiger partial charge in [0.2, 0.25) is 11.6 Å². The number of alkyl halides is 2. The van der Waals surface area contributed by atoms with Crippen LogP contribution in [0.3, 0.4) is 0 Å². The third-order valence-electron chi connectivity index (χ3n) is 6.22. The summed E-state index contributed by atoms with van der Waals surface area (Å²) in [6, 6.07) is 3.18. The standard InChI is InChI=1S/C20H25F2N5O5/c1-24-20(14-3-2-12-18(23)25-10-26-27(12)14)17(30)16(29)13(32-20)9-31-15(28)8-11-4-6-19(21,22)7-5-11/h2-3,10-11,13,16-17,29-30H,1,4-9H2,(H2,23,25,26)/t13-,16-,17-,20+/m1/s1. The van der Waals surface area contributed by atoms with Crippen LogP contribution in [0.1, 0.15) is 37.8 Å². The maximum absolute atomic E-state index is 13.3. The highest BCUT2D eigenvalue weighted by molar-refractivity contribution is 5.69. The quantitative estimate of drug-likeness (QED) is 0.435. The van der Waals surface area contributed by atoms with Gasteiger partial charge in [-0.05, 0) is 37.6 Å². The number of nitrogen functional groups attached to an aromatic ring is 1. The van der Waals surface area contributed by atoms with E-state index in [-0.39, 0.29) is 56.1 Å². The zero-order chi connectivity index (χ0) is 23.1. The summed E-state index contributed by atoms with van der Waals surface area (Å²) in [7, 11) is 0. The Bertz CT molecular complexity index is 1010. The number of aromatic nitrogens is 3. The normalized spacial score (nSPS) is 30.4. The molecule has 2 aromatic rings. The molecule has 0 amide bonds. The van der Waals surface area contributed by atoms with Crippen LogP contribution >= 0.6 is 0 Å². The van der Waals surface area contributed by atoms with E-state index in [1.165, 1.54) is 10.8 Å². The van der Waals surface area contributed by atoms with Crippen molar-refractivity contribution in [3.8, 4) is 0 Å². The number of esters is 1. The summed E-state index contributed by atoms with van der Waals surface area (Å²) in [5.41, 5.74) is 4.78. The molecule has 0 aromatic carbocycles. The minimum absolute atomic E-state index is 0.00579. The monoisotopic (exact) mass is 453 g/mol. The fourth-order valence-electron chi connectivity index (χ4n) is 4.36. The minimum atomic E-state index is -2.67. The van der Waals surface area contributed by atoms with Crippen molar-refractivity contribution in [3.63, 3.8) is 0 Å². The van der Waals surface area contributed by atoms with Crippen LogP contribution in [0.25, 0.3) is 5.52 Å². The van der Waals surface area contributed by atoms with Gasteiger partial charge in [-0.1, -0.05) is 0 Å².